The zero-order chi connectivity index (χ0) is 18.8. The molecule has 1 aliphatic rings. The van der Waals surface area contributed by atoms with Crippen LogP contribution in [0.3, 0.4) is 0 Å². The fraction of sp³-hybridized carbons (Fsp3) is 0.300. The summed E-state index contributed by atoms with van der Waals surface area (Å²) in [6.45, 7) is 2.93. The van der Waals surface area contributed by atoms with E-state index in [1.807, 2.05) is 31.2 Å². The van der Waals surface area contributed by atoms with Crippen molar-refractivity contribution in [1.82, 2.24) is 20.1 Å². The zero-order valence-electron chi connectivity index (χ0n) is 15.1. The van der Waals surface area contributed by atoms with Gasteiger partial charge in [-0.2, -0.15) is 5.10 Å². The second kappa shape index (κ2) is 7.19. The Morgan fingerprint density at radius 2 is 2.07 bits per heavy atom. The van der Waals surface area contributed by atoms with Gasteiger partial charge in [-0.3, -0.25) is 14.7 Å². The molecule has 138 valence electrons. The fourth-order valence-corrected chi connectivity index (χ4v) is 3.53. The van der Waals surface area contributed by atoms with Crippen LogP contribution in [0.5, 0.6) is 0 Å². The van der Waals surface area contributed by atoms with Crippen molar-refractivity contribution in [3.05, 3.63) is 53.9 Å². The van der Waals surface area contributed by atoms with Crippen molar-refractivity contribution in [1.29, 1.82) is 0 Å². The van der Waals surface area contributed by atoms with Crippen molar-refractivity contribution in [3.63, 3.8) is 0 Å². The molecule has 1 atom stereocenters. The molecule has 7 heteroatoms. The fourth-order valence-electron chi connectivity index (χ4n) is 3.53. The molecule has 2 amide bonds. The number of rotatable bonds is 3. The first-order valence-electron chi connectivity index (χ1n) is 9.08. The number of aromatic amines is 1. The SMILES string of the molecule is Cc1cccc(NC(=O)C2CCCN(C(=O)c3cccc4cn[nH]c34)C2)n1. The predicted octanol–water partition coefficient (Wildman–Crippen LogP) is 2.76. The highest BCUT2D eigenvalue weighted by molar-refractivity contribution is 6.05. The van der Waals surface area contributed by atoms with Crippen LogP contribution in [0.2, 0.25) is 0 Å². The number of para-hydroxylation sites is 1. The van der Waals surface area contributed by atoms with Gasteiger partial charge in [-0.25, -0.2) is 4.98 Å². The Kier molecular flexibility index (Phi) is 4.58. The Hall–Kier alpha value is -3.22. The number of amides is 2. The highest BCUT2D eigenvalue weighted by Crippen LogP contribution is 2.23. The van der Waals surface area contributed by atoms with Gasteiger partial charge in [0.2, 0.25) is 5.91 Å². The van der Waals surface area contributed by atoms with Crippen LogP contribution in [0.25, 0.3) is 10.9 Å². The van der Waals surface area contributed by atoms with Crippen LogP contribution in [0.1, 0.15) is 28.9 Å². The third-order valence-corrected chi connectivity index (χ3v) is 4.93. The Morgan fingerprint density at radius 1 is 1.22 bits per heavy atom. The zero-order valence-corrected chi connectivity index (χ0v) is 15.1. The van der Waals surface area contributed by atoms with Crippen LogP contribution >= 0.6 is 0 Å². The first kappa shape index (κ1) is 17.2. The van der Waals surface area contributed by atoms with Gasteiger partial charge in [0, 0.05) is 24.2 Å². The third-order valence-electron chi connectivity index (χ3n) is 4.93. The summed E-state index contributed by atoms with van der Waals surface area (Å²) in [5.74, 6) is 0.137. The highest BCUT2D eigenvalue weighted by atomic mass is 16.2. The lowest BCUT2D eigenvalue weighted by atomic mass is 9.96. The second-order valence-electron chi connectivity index (χ2n) is 6.88. The Morgan fingerprint density at radius 3 is 2.93 bits per heavy atom. The first-order chi connectivity index (χ1) is 13.1. The number of piperidine rings is 1. The lowest BCUT2D eigenvalue weighted by Gasteiger charge is -2.32. The Labute approximate surface area is 156 Å². The van der Waals surface area contributed by atoms with Crippen molar-refractivity contribution in [3.8, 4) is 0 Å². The van der Waals surface area contributed by atoms with Gasteiger partial charge in [0.15, 0.2) is 0 Å². The lowest BCUT2D eigenvalue weighted by molar-refractivity contribution is -0.121. The van der Waals surface area contributed by atoms with E-state index in [4.69, 9.17) is 0 Å². The largest absolute Gasteiger partial charge is 0.338 e. The summed E-state index contributed by atoms with van der Waals surface area (Å²) in [7, 11) is 0. The molecule has 0 aliphatic carbocycles. The number of hydrogen-bond donors (Lipinski definition) is 2. The number of likely N-dealkylation sites (tertiary alicyclic amines) is 1. The number of pyridine rings is 1. The molecular weight excluding hydrogens is 342 g/mol. The summed E-state index contributed by atoms with van der Waals surface area (Å²) in [4.78, 5) is 31.7. The van der Waals surface area contributed by atoms with Crippen molar-refractivity contribution in [2.75, 3.05) is 18.4 Å². The number of carbonyl (C=O) groups is 2. The standard InChI is InChI=1S/C20H21N5O2/c1-13-5-2-9-17(22-13)23-19(26)15-7-4-10-25(12-15)20(27)16-8-3-6-14-11-21-24-18(14)16/h2-3,5-6,8-9,11,15H,4,7,10,12H2,1H3,(H,21,24)(H,22,23,26). The molecule has 0 saturated carbocycles. The number of aryl methyl sites for hydroxylation is 1. The number of nitrogens with zero attached hydrogens (tertiary/aromatic N) is 3. The van der Waals surface area contributed by atoms with E-state index in [-0.39, 0.29) is 17.7 Å². The molecule has 2 aromatic heterocycles. The number of anilines is 1. The number of benzene rings is 1. The summed E-state index contributed by atoms with van der Waals surface area (Å²) >= 11 is 0. The van der Waals surface area contributed by atoms with E-state index in [1.165, 1.54) is 0 Å². The molecule has 0 bridgehead atoms. The quantitative estimate of drug-likeness (QED) is 0.749. The minimum Gasteiger partial charge on any atom is -0.338 e. The van der Waals surface area contributed by atoms with Gasteiger partial charge in [-0.1, -0.05) is 18.2 Å². The van der Waals surface area contributed by atoms with E-state index >= 15 is 0 Å². The van der Waals surface area contributed by atoms with Crippen LogP contribution in [0, 0.1) is 12.8 Å². The summed E-state index contributed by atoms with van der Waals surface area (Å²) in [5.41, 5.74) is 2.17. The van der Waals surface area contributed by atoms with E-state index in [0.29, 0.717) is 24.5 Å². The summed E-state index contributed by atoms with van der Waals surface area (Å²) in [5, 5.41) is 10.7. The average molecular weight is 363 g/mol. The summed E-state index contributed by atoms with van der Waals surface area (Å²) in [6.07, 6.45) is 3.26. The predicted molar refractivity (Wildman–Crippen MR) is 102 cm³/mol. The monoisotopic (exact) mass is 363 g/mol. The molecule has 4 rings (SSSR count). The van der Waals surface area contributed by atoms with Crippen LogP contribution in [-0.2, 0) is 4.79 Å². The Balaban J connectivity index is 1.48. The van der Waals surface area contributed by atoms with Gasteiger partial charge >= 0.3 is 0 Å². The van der Waals surface area contributed by atoms with Crippen LogP contribution in [-0.4, -0.2) is 45.0 Å². The van der Waals surface area contributed by atoms with Gasteiger partial charge in [0.05, 0.1) is 23.2 Å². The van der Waals surface area contributed by atoms with E-state index in [0.717, 1.165) is 29.4 Å². The number of aromatic nitrogens is 3. The highest BCUT2D eigenvalue weighted by Gasteiger charge is 2.30. The van der Waals surface area contributed by atoms with Crippen molar-refractivity contribution in [2.45, 2.75) is 19.8 Å². The number of hydrogen-bond acceptors (Lipinski definition) is 4. The molecule has 0 spiro atoms. The molecule has 1 fully saturated rings. The summed E-state index contributed by atoms with van der Waals surface area (Å²) < 4.78 is 0. The number of fused-ring (bicyclic) bond motifs is 1. The second-order valence-corrected chi connectivity index (χ2v) is 6.88. The molecule has 1 saturated heterocycles. The smallest absolute Gasteiger partial charge is 0.256 e. The first-order valence-corrected chi connectivity index (χ1v) is 9.08. The molecule has 1 aromatic carbocycles. The molecule has 27 heavy (non-hydrogen) atoms. The van der Waals surface area contributed by atoms with Crippen LogP contribution < -0.4 is 5.32 Å². The number of carbonyl (C=O) groups excluding carboxylic acids is 2. The normalized spacial score (nSPS) is 17.1. The molecule has 3 aromatic rings. The molecule has 3 heterocycles. The minimum absolute atomic E-state index is 0.0731. The van der Waals surface area contributed by atoms with Crippen molar-refractivity contribution in [2.24, 2.45) is 5.92 Å². The van der Waals surface area contributed by atoms with Gasteiger partial charge in [0.1, 0.15) is 5.82 Å². The van der Waals surface area contributed by atoms with Gasteiger partial charge < -0.3 is 10.2 Å². The maximum Gasteiger partial charge on any atom is 0.256 e. The lowest BCUT2D eigenvalue weighted by Crippen LogP contribution is -2.43. The molecule has 7 nitrogen and oxygen atoms in total. The maximum atomic E-state index is 13.0. The average Bonchev–Trinajstić information content (AvgIpc) is 3.16. The topological polar surface area (TPSA) is 91.0 Å². The van der Waals surface area contributed by atoms with E-state index < -0.39 is 0 Å². The van der Waals surface area contributed by atoms with Gasteiger partial charge in [-0.05, 0) is 38.0 Å². The summed E-state index contributed by atoms with van der Waals surface area (Å²) in [6, 6.07) is 11.1. The van der Waals surface area contributed by atoms with Crippen molar-refractivity contribution >= 4 is 28.5 Å². The Bertz CT molecular complexity index is 997. The van der Waals surface area contributed by atoms with E-state index in [1.54, 1.807) is 23.2 Å². The van der Waals surface area contributed by atoms with E-state index in [2.05, 4.69) is 20.5 Å². The minimum atomic E-state index is -0.244. The van der Waals surface area contributed by atoms with E-state index in [9.17, 15) is 9.59 Å². The van der Waals surface area contributed by atoms with Crippen LogP contribution in [0.4, 0.5) is 5.82 Å². The number of nitrogens with one attached hydrogen (secondary N) is 2. The molecule has 1 unspecified atom stereocenters. The van der Waals surface area contributed by atoms with Gasteiger partial charge in [-0.15, -0.1) is 0 Å². The number of H-pyrrole nitrogens is 1. The van der Waals surface area contributed by atoms with Crippen LogP contribution in [0.15, 0.2) is 42.6 Å². The molecular formula is C20H21N5O2. The van der Waals surface area contributed by atoms with Gasteiger partial charge in [0.25, 0.3) is 5.91 Å². The third kappa shape index (κ3) is 3.53. The van der Waals surface area contributed by atoms with Crippen molar-refractivity contribution < 1.29 is 9.59 Å². The molecule has 2 N–H and O–H groups in total. The maximum absolute atomic E-state index is 13.0. The molecule has 0 radical (unpaired) electrons. The molecule has 1 aliphatic heterocycles.